The molecule has 7 nitrogen and oxygen atoms in total. The van der Waals surface area contributed by atoms with E-state index >= 15 is 0 Å². The largest absolute Gasteiger partial charge is 0.340 e. The minimum absolute atomic E-state index is 0.0690. The van der Waals surface area contributed by atoms with E-state index in [0.29, 0.717) is 26.1 Å². The summed E-state index contributed by atoms with van der Waals surface area (Å²) < 4.78 is 26.4. The summed E-state index contributed by atoms with van der Waals surface area (Å²) >= 11 is 0. The van der Waals surface area contributed by atoms with Gasteiger partial charge in [-0.1, -0.05) is 6.92 Å². The van der Waals surface area contributed by atoms with Crippen molar-refractivity contribution >= 4 is 15.7 Å². The van der Waals surface area contributed by atoms with E-state index in [0.717, 1.165) is 18.7 Å². The molecule has 8 heteroatoms. The summed E-state index contributed by atoms with van der Waals surface area (Å²) in [5.74, 6) is 0.888. The van der Waals surface area contributed by atoms with Crippen LogP contribution in [0.5, 0.6) is 0 Å². The Labute approximate surface area is 130 Å². The molecule has 3 heterocycles. The number of aryl methyl sites for hydroxylation is 1. The van der Waals surface area contributed by atoms with Gasteiger partial charge in [0.05, 0.1) is 16.4 Å². The van der Waals surface area contributed by atoms with Gasteiger partial charge in [-0.15, -0.1) is 10.2 Å². The first-order chi connectivity index (χ1) is 10.4. The number of rotatable bonds is 2. The van der Waals surface area contributed by atoms with E-state index in [4.69, 9.17) is 0 Å². The summed E-state index contributed by atoms with van der Waals surface area (Å²) in [4.78, 5) is 14.5. The van der Waals surface area contributed by atoms with Crippen LogP contribution in [0.25, 0.3) is 0 Å². The van der Waals surface area contributed by atoms with Crippen molar-refractivity contribution in [1.29, 1.82) is 0 Å². The standard InChI is InChI=1S/C14H22N4O3S/c1-3-12-8-17(6-10(2)22(12,20)21)14(19)11-4-5-13-16-15-9-18(13)7-11/h9-12H,3-8H2,1-2H3. The molecule has 122 valence electrons. The van der Waals surface area contributed by atoms with Gasteiger partial charge in [0.1, 0.15) is 12.2 Å². The van der Waals surface area contributed by atoms with Crippen molar-refractivity contribution in [3.8, 4) is 0 Å². The van der Waals surface area contributed by atoms with Gasteiger partial charge in [-0.2, -0.15) is 0 Å². The van der Waals surface area contributed by atoms with Gasteiger partial charge in [0.2, 0.25) is 5.91 Å². The fraction of sp³-hybridized carbons (Fsp3) is 0.786. The fourth-order valence-corrected chi connectivity index (χ4v) is 5.32. The van der Waals surface area contributed by atoms with Gasteiger partial charge >= 0.3 is 0 Å². The topological polar surface area (TPSA) is 85.2 Å². The molecule has 3 unspecified atom stereocenters. The second-order valence-corrected chi connectivity index (χ2v) is 8.96. The Morgan fingerprint density at radius 1 is 1.36 bits per heavy atom. The Balaban J connectivity index is 1.73. The van der Waals surface area contributed by atoms with Crippen LogP contribution in [0.1, 0.15) is 32.5 Å². The second-order valence-electron chi connectivity index (χ2n) is 6.31. The van der Waals surface area contributed by atoms with Crippen molar-refractivity contribution in [3.05, 3.63) is 12.2 Å². The number of carbonyl (C=O) groups is 1. The number of hydrogen-bond acceptors (Lipinski definition) is 5. The molecule has 2 aliphatic heterocycles. The van der Waals surface area contributed by atoms with Gasteiger partial charge < -0.3 is 9.47 Å². The molecule has 1 amide bonds. The van der Waals surface area contributed by atoms with Crippen LogP contribution in [0.4, 0.5) is 0 Å². The number of hydrogen-bond donors (Lipinski definition) is 0. The van der Waals surface area contributed by atoms with Crippen LogP contribution in [0, 0.1) is 5.92 Å². The number of amides is 1. The van der Waals surface area contributed by atoms with Gasteiger partial charge in [-0.05, 0) is 19.8 Å². The molecular formula is C14H22N4O3S. The zero-order chi connectivity index (χ0) is 15.9. The van der Waals surface area contributed by atoms with E-state index in [9.17, 15) is 13.2 Å². The Hall–Kier alpha value is -1.44. The lowest BCUT2D eigenvalue weighted by atomic mass is 9.97. The third-order valence-electron chi connectivity index (χ3n) is 4.87. The number of nitrogens with zero attached hydrogens (tertiary/aromatic N) is 4. The third-order valence-corrected chi connectivity index (χ3v) is 7.55. The molecular weight excluding hydrogens is 304 g/mol. The summed E-state index contributed by atoms with van der Waals surface area (Å²) in [6, 6.07) is 0. The summed E-state index contributed by atoms with van der Waals surface area (Å²) in [7, 11) is -3.11. The number of sulfone groups is 1. The Morgan fingerprint density at radius 3 is 2.86 bits per heavy atom. The highest BCUT2D eigenvalue weighted by Crippen LogP contribution is 2.25. The van der Waals surface area contributed by atoms with Crippen LogP contribution in [0.3, 0.4) is 0 Å². The third kappa shape index (κ3) is 2.53. The van der Waals surface area contributed by atoms with Gasteiger partial charge in [-0.3, -0.25) is 4.79 Å². The van der Waals surface area contributed by atoms with E-state index < -0.39 is 20.3 Å². The molecule has 0 N–H and O–H groups in total. The van der Waals surface area contributed by atoms with Gasteiger partial charge in [0.25, 0.3) is 0 Å². The van der Waals surface area contributed by atoms with E-state index in [1.807, 2.05) is 11.5 Å². The van der Waals surface area contributed by atoms with Crippen LogP contribution >= 0.6 is 0 Å². The molecule has 0 spiro atoms. The highest BCUT2D eigenvalue weighted by molar-refractivity contribution is 7.92. The molecule has 1 aromatic heterocycles. The maximum atomic E-state index is 12.8. The summed E-state index contributed by atoms with van der Waals surface area (Å²) in [5.41, 5.74) is 0. The number of carbonyl (C=O) groups excluding carboxylic acids is 1. The van der Waals surface area contributed by atoms with Gasteiger partial charge in [0, 0.05) is 26.1 Å². The molecule has 0 aromatic carbocycles. The average molecular weight is 326 g/mol. The molecule has 0 radical (unpaired) electrons. The highest BCUT2D eigenvalue weighted by Gasteiger charge is 2.41. The smallest absolute Gasteiger partial charge is 0.227 e. The van der Waals surface area contributed by atoms with Crippen LogP contribution in [0.2, 0.25) is 0 Å². The Morgan fingerprint density at radius 2 is 2.14 bits per heavy atom. The predicted molar refractivity (Wildman–Crippen MR) is 80.9 cm³/mol. The molecule has 2 aliphatic rings. The Bertz CT molecular complexity index is 669. The molecule has 3 rings (SSSR count). The molecule has 3 atom stereocenters. The molecule has 0 saturated carbocycles. The van der Waals surface area contributed by atoms with Crippen LogP contribution in [0.15, 0.2) is 6.33 Å². The molecule has 1 aromatic rings. The number of aromatic nitrogens is 3. The molecule has 0 bridgehead atoms. The van der Waals surface area contributed by atoms with E-state index in [2.05, 4.69) is 10.2 Å². The minimum Gasteiger partial charge on any atom is -0.340 e. The van der Waals surface area contributed by atoms with Crippen molar-refractivity contribution in [1.82, 2.24) is 19.7 Å². The fourth-order valence-electron chi connectivity index (χ4n) is 3.43. The quantitative estimate of drug-likeness (QED) is 0.778. The van der Waals surface area contributed by atoms with E-state index in [1.165, 1.54) is 0 Å². The minimum atomic E-state index is -3.11. The maximum Gasteiger partial charge on any atom is 0.227 e. The van der Waals surface area contributed by atoms with Crippen LogP contribution < -0.4 is 0 Å². The molecule has 22 heavy (non-hydrogen) atoms. The van der Waals surface area contributed by atoms with Gasteiger partial charge in [-0.25, -0.2) is 8.42 Å². The average Bonchev–Trinajstić information content (AvgIpc) is 2.96. The lowest BCUT2D eigenvalue weighted by Gasteiger charge is -2.38. The lowest BCUT2D eigenvalue weighted by Crippen LogP contribution is -2.54. The first-order valence-corrected chi connectivity index (χ1v) is 9.42. The SMILES string of the molecule is CCC1CN(C(=O)C2CCc3nncn3C2)CC(C)S1(=O)=O. The van der Waals surface area contributed by atoms with Crippen LogP contribution in [-0.2, 0) is 27.6 Å². The normalized spacial score (nSPS) is 30.8. The lowest BCUT2D eigenvalue weighted by molar-refractivity contribution is -0.136. The van der Waals surface area contributed by atoms with Gasteiger partial charge in [0.15, 0.2) is 9.84 Å². The Kier molecular flexibility index (Phi) is 3.96. The predicted octanol–water partition coefficient (Wildman–Crippen LogP) is 0.265. The summed E-state index contributed by atoms with van der Waals surface area (Å²) in [6.07, 6.45) is 3.71. The summed E-state index contributed by atoms with van der Waals surface area (Å²) in [5, 5.41) is 6.99. The van der Waals surface area contributed by atoms with Crippen molar-refractivity contribution in [2.24, 2.45) is 5.92 Å². The van der Waals surface area contributed by atoms with E-state index in [1.54, 1.807) is 18.2 Å². The first kappa shape index (κ1) is 15.5. The molecule has 1 saturated heterocycles. The monoisotopic (exact) mass is 326 g/mol. The zero-order valence-corrected chi connectivity index (χ0v) is 13.8. The van der Waals surface area contributed by atoms with Crippen molar-refractivity contribution < 1.29 is 13.2 Å². The maximum absolute atomic E-state index is 12.8. The van der Waals surface area contributed by atoms with Crippen molar-refractivity contribution in [2.45, 2.75) is 50.2 Å². The highest BCUT2D eigenvalue weighted by atomic mass is 32.2. The van der Waals surface area contributed by atoms with E-state index in [-0.39, 0.29) is 11.8 Å². The number of fused-ring (bicyclic) bond motifs is 1. The first-order valence-electron chi connectivity index (χ1n) is 7.81. The van der Waals surface area contributed by atoms with Crippen LogP contribution in [-0.4, -0.2) is 57.6 Å². The van der Waals surface area contributed by atoms with Crippen molar-refractivity contribution in [3.63, 3.8) is 0 Å². The molecule has 0 aliphatic carbocycles. The summed E-state index contributed by atoms with van der Waals surface area (Å²) in [6.45, 7) is 4.80. The second kappa shape index (κ2) is 5.64. The van der Waals surface area contributed by atoms with Crippen molar-refractivity contribution in [2.75, 3.05) is 13.1 Å². The molecule has 1 fully saturated rings. The zero-order valence-electron chi connectivity index (χ0n) is 13.0.